The molecule has 4 aliphatic carbocycles. The van der Waals surface area contributed by atoms with Crippen LogP contribution in [0.4, 0.5) is 13.2 Å². The van der Waals surface area contributed by atoms with Crippen molar-refractivity contribution in [1.82, 2.24) is 4.98 Å². The van der Waals surface area contributed by atoms with E-state index in [2.05, 4.69) is 4.98 Å². The summed E-state index contributed by atoms with van der Waals surface area (Å²) in [6, 6.07) is 4.73. The van der Waals surface area contributed by atoms with Crippen molar-refractivity contribution in [2.45, 2.75) is 51.6 Å². The molecule has 0 radical (unpaired) electrons. The van der Waals surface area contributed by atoms with Crippen molar-refractivity contribution in [2.24, 2.45) is 23.7 Å². The van der Waals surface area contributed by atoms with E-state index >= 15 is 0 Å². The summed E-state index contributed by atoms with van der Waals surface area (Å²) in [5, 5.41) is 8.70. The van der Waals surface area contributed by atoms with Crippen LogP contribution >= 0.6 is 11.3 Å². The van der Waals surface area contributed by atoms with Gasteiger partial charge in [-0.2, -0.15) is 23.4 Å². The summed E-state index contributed by atoms with van der Waals surface area (Å²) in [5.41, 5.74) is 0.764. The standard InChI is InChI=1S/C24H21F3N2O3S/c1-10-7-14(32-23-29-22(24(25,26)27)15(9-28)33-23)8-11(2)16(10)19-20(30)17-12-3-4-13(6-5-12)18(17)21(19)31/h7-8,12-13,17-19H,3-6H2,1-2H3. The Kier molecular flexibility index (Phi) is 5.12. The Morgan fingerprint density at radius 2 is 1.55 bits per heavy atom. The van der Waals surface area contributed by atoms with Crippen LogP contribution in [0.2, 0.25) is 0 Å². The molecular formula is C24H21F3N2O3S. The zero-order chi connectivity index (χ0) is 23.7. The highest BCUT2D eigenvalue weighted by atomic mass is 32.1. The molecule has 2 bridgehead atoms. The number of thiazole rings is 1. The van der Waals surface area contributed by atoms with Crippen molar-refractivity contribution < 1.29 is 27.5 Å². The van der Waals surface area contributed by atoms with E-state index in [0.717, 1.165) is 25.7 Å². The lowest BCUT2D eigenvalue weighted by Gasteiger charge is -2.43. The van der Waals surface area contributed by atoms with Crippen molar-refractivity contribution in [1.29, 1.82) is 5.26 Å². The van der Waals surface area contributed by atoms with Crippen LogP contribution < -0.4 is 4.74 Å². The van der Waals surface area contributed by atoms with Crippen molar-refractivity contribution in [3.63, 3.8) is 0 Å². The van der Waals surface area contributed by atoms with E-state index in [9.17, 15) is 22.8 Å². The molecule has 6 rings (SSSR count). The van der Waals surface area contributed by atoms with Gasteiger partial charge in [0.1, 0.15) is 22.6 Å². The Labute approximate surface area is 192 Å². The van der Waals surface area contributed by atoms with E-state index in [1.54, 1.807) is 26.0 Å². The van der Waals surface area contributed by atoms with Gasteiger partial charge in [-0.3, -0.25) is 9.59 Å². The SMILES string of the molecule is Cc1cc(Oc2nc(C(F)(F)F)c(C#N)s2)cc(C)c1C1C(=O)C2C3CCC(CC3)C2C1=O. The van der Waals surface area contributed by atoms with Gasteiger partial charge in [0.2, 0.25) is 0 Å². The number of ether oxygens (including phenoxy) is 1. The van der Waals surface area contributed by atoms with Crippen molar-refractivity contribution in [3.05, 3.63) is 39.4 Å². The van der Waals surface area contributed by atoms with Gasteiger partial charge in [0, 0.05) is 11.8 Å². The third kappa shape index (κ3) is 3.46. The number of alkyl halides is 3. The van der Waals surface area contributed by atoms with Crippen molar-refractivity contribution in [3.8, 4) is 17.0 Å². The van der Waals surface area contributed by atoms with Crippen LogP contribution in [0.1, 0.15) is 58.9 Å². The van der Waals surface area contributed by atoms with E-state index in [0.29, 0.717) is 39.9 Å². The maximum absolute atomic E-state index is 13.4. The van der Waals surface area contributed by atoms with Crippen LogP contribution in [0, 0.1) is 48.9 Å². The molecule has 1 heterocycles. The molecule has 4 aliphatic rings. The predicted molar refractivity (Wildman–Crippen MR) is 113 cm³/mol. The monoisotopic (exact) mass is 474 g/mol. The van der Waals surface area contributed by atoms with Gasteiger partial charge in [0.15, 0.2) is 17.3 Å². The van der Waals surface area contributed by atoms with Crippen molar-refractivity contribution >= 4 is 22.9 Å². The average molecular weight is 475 g/mol. The smallest absolute Gasteiger partial charge is 0.431 e. The second-order valence-electron chi connectivity index (χ2n) is 9.30. The Bertz CT molecular complexity index is 1150. The summed E-state index contributed by atoms with van der Waals surface area (Å²) in [5.74, 6) is -0.248. The molecule has 4 fully saturated rings. The molecule has 2 aromatic rings. The Hall–Kier alpha value is -2.73. The summed E-state index contributed by atoms with van der Waals surface area (Å²) in [4.78, 5) is 29.7. The zero-order valence-electron chi connectivity index (χ0n) is 18.0. The highest BCUT2D eigenvalue weighted by Gasteiger charge is 2.59. The Morgan fingerprint density at radius 3 is 1.97 bits per heavy atom. The maximum Gasteiger partial charge on any atom is 0.435 e. The molecule has 33 heavy (non-hydrogen) atoms. The summed E-state index contributed by atoms with van der Waals surface area (Å²) >= 11 is 0.521. The van der Waals surface area contributed by atoms with Crippen LogP contribution in [0.3, 0.4) is 0 Å². The van der Waals surface area contributed by atoms with Gasteiger partial charge in [-0.05, 0) is 80.2 Å². The quantitative estimate of drug-likeness (QED) is 0.531. The van der Waals surface area contributed by atoms with Crippen LogP contribution in [0.15, 0.2) is 12.1 Å². The predicted octanol–water partition coefficient (Wildman–Crippen LogP) is 5.73. The Balaban J connectivity index is 1.46. The number of halogens is 3. The minimum atomic E-state index is -4.75. The molecule has 0 amide bonds. The number of Topliss-reactive ketones (excluding diaryl/α,β-unsaturated/α-hetero) is 2. The van der Waals surface area contributed by atoms with E-state index in [1.165, 1.54) is 6.07 Å². The van der Waals surface area contributed by atoms with Gasteiger partial charge in [0.05, 0.1) is 0 Å². The Morgan fingerprint density at radius 1 is 1.03 bits per heavy atom. The molecule has 9 heteroatoms. The molecular weight excluding hydrogens is 453 g/mol. The second-order valence-corrected chi connectivity index (χ2v) is 10.3. The molecule has 5 nitrogen and oxygen atoms in total. The minimum Gasteiger partial charge on any atom is -0.431 e. The van der Waals surface area contributed by atoms with E-state index in [1.807, 2.05) is 0 Å². The van der Waals surface area contributed by atoms with Gasteiger partial charge >= 0.3 is 6.18 Å². The molecule has 0 spiro atoms. The first-order chi connectivity index (χ1) is 15.6. The third-order valence-electron chi connectivity index (χ3n) is 7.48. The normalized spacial score (nSPS) is 28.7. The number of aromatic nitrogens is 1. The number of nitriles is 1. The summed E-state index contributed by atoms with van der Waals surface area (Å²) < 4.78 is 44.8. The van der Waals surface area contributed by atoms with Crippen LogP contribution in [0.25, 0.3) is 0 Å². The van der Waals surface area contributed by atoms with E-state index in [4.69, 9.17) is 10.00 Å². The van der Waals surface area contributed by atoms with Gasteiger partial charge in [-0.15, -0.1) is 0 Å². The first kappa shape index (κ1) is 22.1. The number of aryl methyl sites for hydroxylation is 2. The van der Waals surface area contributed by atoms with Gasteiger partial charge in [0.25, 0.3) is 5.19 Å². The molecule has 172 valence electrons. The molecule has 4 saturated carbocycles. The minimum absolute atomic E-state index is 0.0210. The van der Waals surface area contributed by atoms with E-state index in [-0.39, 0.29) is 34.3 Å². The van der Waals surface area contributed by atoms with Crippen LogP contribution in [0.5, 0.6) is 10.9 Å². The molecule has 0 N–H and O–H groups in total. The molecule has 2 atom stereocenters. The number of carbonyl (C=O) groups excluding carboxylic acids is 2. The maximum atomic E-state index is 13.4. The largest absolute Gasteiger partial charge is 0.435 e. The summed E-state index contributed by atoms with van der Waals surface area (Å²) in [6.07, 6.45) is -0.693. The highest BCUT2D eigenvalue weighted by Crippen LogP contribution is 2.56. The van der Waals surface area contributed by atoms with Crippen LogP contribution in [-0.4, -0.2) is 16.6 Å². The lowest BCUT2D eigenvalue weighted by molar-refractivity contribution is -0.141. The number of carbonyl (C=O) groups is 2. The van der Waals surface area contributed by atoms with Gasteiger partial charge in [-0.25, -0.2) is 0 Å². The highest BCUT2D eigenvalue weighted by molar-refractivity contribution is 7.14. The fraction of sp³-hybridized carbons (Fsp3) is 0.500. The molecule has 1 aromatic heterocycles. The van der Waals surface area contributed by atoms with Gasteiger partial charge in [-0.1, -0.05) is 11.3 Å². The number of fused-ring (bicyclic) bond motifs is 2. The lowest BCUT2D eigenvalue weighted by Crippen LogP contribution is -2.41. The third-order valence-corrected chi connectivity index (χ3v) is 8.32. The number of nitrogens with zero attached hydrogens (tertiary/aromatic N) is 2. The summed E-state index contributed by atoms with van der Waals surface area (Å²) in [6.45, 7) is 3.55. The van der Waals surface area contributed by atoms with E-state index < -0.39 is 22.7 Å². The first-order valence-electron chi connectivity index (χ1n) is 10.9. The molecule has 0 aliphatic heterocycles. The number of hydrogen-bond acceptors (Lipinski definition) is 6. The second kappa shape index (κ2) is 7.66. The summed E-state index contributed by atoms with van der Waals surface area (Å²) in [7, 11) is 0. The lowest BCUT2D eigenvalue weighted by atomic mass is 9.59. The zero-order valence-corrected chi connectivity index (χ0v) is 18.8. The topological polar surface area (TPSA) is 80.0 Å². The first-order valence-corrected chi connectivity index (χ1v) is 11.8. The molecule has 2 unspecified atom stereocenters. The fourth-order valence-electron chi connectivity index (χ4n) is 6.24. The van der Waals surface area contributed by atoms with Gasteiger partial charge < -0.3 is 4.74 Å². The number of hydrogen-bond donors (Lipinski definition) is 0. The number of ketones is 2. The fourth-order valence-corrected chi connectivity index (χ4v) is 6.99. The number of rotatable bonds is 3. The number of benzene rings is 1. The van der Waals surface area contributed by atoms with Crippen molar-refractivity contribution in [2.75, 3.05) is 0 Å². The van der Waals surface area contributed by atoms with Crippen LogP contribution in [-0.2, 0) is 15.8 Å². The molecule has 1 aromatic carbocycles. The average Bonchev–Trinajstić information content (AvgIpc) is 3.29. The molecule has 0 saturated heterocycles.